The molecule has 1 aliphatic rings. The normalized spacial score (nSPS) is 18.1. The lowest BCUT2D eigenvalue weighted by Crippen LogP contribution is -2.31. The molecule has 3 heterocycles. The van der Waals surface area contributed by atoms with Gasteiger partial charge in [0.1, 0.15) is 0 Å². The number of hydrogen-bond acceptors (Lipinski definition) is 6. The molecule has 0 spiro atoms. The molecule has 116 valence electrons. The Balaban J connectivity index is 1.82. The van der Waals surface area contributed by atoms with E-state index in [1.807, 2.05) is 20.2 Å². The molecule has 1 saturated heterocycles. The molecule has 1 amide bonds. The Hall–Kier alpha value is -2.28. The highest BCUT2D eigenvalue weighted by molar-refractivity contribution is 5.91. The van der Waals surface area contributed by atoms with Gasteiger partial charge in [0.05, 0.1) is 17.9 Å². The molecule has 1 aliphatic heterocycles. The first-order chi connectivity index (χ1) is 10.6. The Labute approximate surface area is 129 Å². The highest BCUT2D eigenvalue weighted by Crippen LogP contribution is 2.31. The van der Waals surface area contributed by atoms with Crippen molar-refractivity contribution >= 4 is 5.91 Å². The first kappa shape index (κ1) is 14.6. The van der Waals surface area contributed by atoms with Crippen LogP contribution in [0.4, 0.5) is 0 Å². The Morgan fingerprint density at radius 3 is 3.09 bits per heavy atom. The van der Waals surface area contributed by atoms with E-state index in [0.29, 0.717) is 12.4 Å². The molecule has 0 aliphatic carbocycles. The molecule has 7 heteroatoms. The van der Waals surface area contributed by atoms with Gasteiger partial charge in [-0.2, -0.15) is 0 Å². The van der Waals surface area contributed by atoms with E-state index in [1.54, 1.807) is 11.1 Å². The second-order valence-electron chi connectivity index (χ2n) is 5.67. The second kappa shape index (κ2) is 6.23. The van der Waals surface area contributed by atoms with Crippen LogP contribution in [0.25, 0.3) is 0 Å². The SMILES string of the molecule is CN(C)Cc1ccnc([C@H]2CCCN2C(=O)c2cnco2)n1. The minimum Gasteiger partial charge on any atom is -0.438 e. The van der Waals surface area contributed by atoms with E-state index in [1.165, 1.54) is 12.6 Å². The molecule has 1 fully saturated rings. The predicted octanol–water partition coefficient (Wildman–Crippen LogP) is 1.50. The van der Waals surface area contributed by atoms with Crippen LogP contribution in [0.15, 0.2) is 29.3 Å². The highest BCUT2D eigenvalue weighted by Gasteiger charge is 2.33. The largest absolute Gasteiger partial charge is 0.438 e. The van der Waals surface area contributed by atoms with Crippen LogP contribution in [0.3, 0.4) is 0 Å². The number of rotatable bonds is 4. The molecular formula is C15H19N5O2. The van der Waals surface area contributed by atoms with Crippen molar-refractivity contribution in [1.29, 1.82) is 0 Å². The van der Waals surface area contributed by atoms with Gasteiger partial charge in [0.2, 0.25) is 5.76 Å². The molecule has 22 heavy (non-hydrogen) atoms. The smallest absolute Gasteiger partial charge is 0.291 e. The second-order valence-corrected chi connectivity index (χ2v) is 5.67. The van der Waals surface area contributed by atoms with Crippen molar-refractivity contribution in [3.63, 3.8) is 0 Å². The quantitative estimate of drug-likeness (QED) is 0.852. The zero-order valence-electron chi connectivity index (χ0n) is 12.8. The minimum absolute atomic E-state index is 0.0975. The molecule has 2 aromatic rings. The van der Waals surface area contributed by atoms with Gasteiger partial charge in [0.25, 0.3) is 5.91 Å². The van der Waals surface area contributed by atoms with E-state index < -0.39 is 0 Å². The summed E-state index contributed by atoms with van der Waals surface area (Å²) in [6.07, 6.45) is 6.28. The van der Waals surface area contributed by atoms with E-state index in [-0.39, 0.29) is 17.7 Å². The highest BCUT2D eigenvalue weighted by atomic mass is 16.3. The van der Waals surface area contributed by atoms with Crippen molar-refractivity contribution in [3.8, 4) is 0 Å². The fraction of sp³-hybridized carbons (Fsp3) is 0.467. The van der Waals surface area contributed by atoms with Crippen molar-refractivity contribution in [2.75, 3.05) is 20.6 Å². The average molecular weight is 301 g/mol. The number of aromatic nitrogens is 3. The number of likely N-dealkylation sites (tertiary alicyclic amines) is 1. The van der Waals surface area contributed by atoms with Crippen LogP contribution < -0.4 is 0 Å². The van der Waals surface area contributed by atoms with Gasteiger partial charge >= 0.3 is 0 Å². The summed E-state index contributed by atoms with van der Waals surface area (Å²) in [6, 6.07) is 1.81. The molecule has 2 aromatic heterocycles. The summed E-state index contributed by atoms with van der Waals surface area (Å²) in [4.78, 5) is 29.1. The van der Waals surface area contributed by atoms with Gasteiger partial charge in [-0.1, -0.05) is 0 Å². The third-order valence-corrected chi connectivity index (χ3v) is 3.66. The summed E-state index contributed by atoms with van der Waals surface area (Å²) in [6.45, 7) is 1.43. The Morgan fingerprint density at radius 2 is 2.36 bits per heavy atom. The van der Waals surface area contributed by atoms with E-state index >= 15 is 0 Å². The molecule has 0 saturated carbocycles. The lowest BCUT2D eigenvalue weighted by Gasteiger charge is -2.22. The van der Waals surface area contributed by atoms with E-state index in [2.05, 4.69) is 19.9 Å². The van der Waals surface area contributed by atoms with Crippen LogP contribution >= 0.6 is 0 Å². The predicted molar refractivity (Wildman–Crippen MR) is 78.9 cm³/mol. The third-order valence-electron chi connectivity index (χ3n) is 3.66. The molecule has 3 rings (SSSR count). The third kappa shape index (κ3) is 2.99. The van der Waals surface area contributed by atoms with Crippen LogP contribution in [0.5, 0.6) is 0 Å². The molecule has 0 aromatic carbocycles. The summed E-state index contributed by atoms with van der Waals surface area (Å²) in [5.41, 5.74) is 0.953. The van der Waals surface area contributed by atoms with Gasteiger partial charge < -0.3 is 14.2 Å². The molecule has 0 unspecified atom stereocenters. The topological polar surface area (TPSA) is 75.4 Å². The first-order valence-corrected chi connectivity index (χ1v) is 7.31. The summed E-state index contributed by atoms with van der Waals surface area (Å²) >= 11 is 0. The van der Waals surface area contributed by atoms with Crippen LogP contribution in [0, 0.1) is 0 Å². The Morgan fingerprint density at radius 1 is 1.50 bits per heavy atom. The lowest BCUT2D eigenvalue weighted by molar-refractivity contribution is 0.0697. The molecular weight excluding hydrogens is 282 g/mol. The van der Waals surface area contributed by atoms with Gasteiger partial charge in [0.15, 0.2) is 12.2 Å². The van der Waals surface area contributed by atoms with Crippen LogP contribution in [0.1, 0.15) is 41.0 Å². The van der Waals surface area contributed by atoms with Crippen molar-refractivity contribution in [2.45, 2.75) is 25.4 Å². The fourth-order valence-corrected chi connectivity index (χ4v) is 2.73. The van der Waals surface area contributed by atoms with E-state index in [9.17, 15) is 4.79 Å². The standard InChI is InChI=1S/C15H19N5O2/c1-19(2)9-11-5-6-17-14(18-11)12-4-3-7-20(12)15(21)13-8-16-10-22-13/h5-6,8,10,12H,3-4,7,9H2,1-2H3/t12-/m1/s1. The number of carbonyl (C=O) groups excluding carboxylic acids is 1. The number of carbonyl (C=O) groups is 1. The molecule has 0 bridgehead atoms. The Bertz CT molecular complexity index is 641. The molecule has 1 atom stereocenters. The summed E-state index contributed by atoms with van der Waals surface area (Å²) in [7, 11) is 3.99. The van der Waals surface area contributed by atoms with Crippen LogP contribution in [0.2, 0.25) is 0 Å². The average Bonchev–Trinajstić information content (AvgIpc) is 3.18. The van der Waals surface area contributed by atoms with Crippen molar-refractivity contribution < 1.29 is 9.21 Å². The number of nitrogens with zero attached hydrogens (tertiary/aromatic N) is 5. The maximum absolute atomic E-state index is 12.5. The molecule has 0 N–H and O–H groups in total. The summed E-state index contributed by atoms with van der Waals surface area (Å²) in [5, 5.41) is 0. The lowest BCUT2D eigenvalue weighted by atomic mass is 10.2. The van der Waals surface area contributed by atoms with Gasteiger partial charge in [0, 0.05) is 19.3 Å². The molecule has 0 radical (unpaired) electrons. The molecule has 7 nitrogen and oxygen atoms in total. The minimum atomic E-state index is -0.151. The van der Waals surface area contributed by atoms with Gasteiger partial charge in [-0.05, 0) is 33.0 Å². The zero-order chi connectivity index (χ0) is 15.5. The van der Waals surface area contributed by atoms with Gasteiger partial charge in [-0.25, -0.2) is 15.0 Å². The van der Waals surface area contributed by atoms with Crippen molar-refractivity contribution in [3.05, 3.63) is 42.1 Å². The van der Waals surface area contributed by atoms with E-state index in [0.717, 1.165) is 25.1 Å². The first-order valence-electron chi connectivity index (χ1n) is 7.31. The summed E-state index contributed by atoms with van der Waals surface area (Å²) < 4.78 is 5.12. The maximum atomic E-state index is 12.5. The number of amides is 1. The maximum Gasteiger partial charge on any atom is 0.291 e. The zero-order valence-corrected chi connectivity index (χ0v) is 12.8. The van der Waals surface area contributed by atoms with Crippen LogP contribution in [-0.4, -0.2) is 51.3 Å². The monoisotopic (exact) mass is 301 g/mol. The number of oxazole rings is 1. The summed E-state index contributed by atoms with van der Waals surface area (Å²) in [5.74, 6) is 0.808. The fourth-order valence-electron chi connectivity index (χ4n) is 2.73. The van der Waals surface area contributed by atoms with Crippen LogP contribution in [-0.2, 0) is 6.54 Å². The van der Waals surface area contributed by atoms with E-state index in [4.69, 9.17) is 4.42 Å². The Kier molecular flexibility index (Phi) is 4.15. The van der Waals surface area contributed by atoms with Crippen molar-refractivity contribution in [2.24, 2.45) is 0 Å². The van der Waals surface area contributed by atoms with Crippen molar-refractivity contribution in [1.82, 2.24) is 24.8 Å². The van der Waals surface area contributed by atoms with Gasteiger partial charge in [-0.15, -0.1) is 0 Å². The van der Waals surface area contributed by atoms with Gasteiger partial charge in [-0.3, -0.25) is 4.79 Å². The number of hydrogen-bond donors (Lipinski definition) is 0.